The summed E-state index contributed by atoms with van der Waals surface area (Å²) in [6.07, 6.45) is 2.95. The van der Waals surface area contributed by atoms with Crippen LogP contribution in [0.15, 0.2) is 11.6 Å². The number of alkyl halides is 1. The molecule has 62 valence electrons. The second-order valence-corrected chi connectivity index (χ2v) is 5.21. The first-order valence-corrected chi connectivity index (χ1v) is 5.52. The first-order chi connectivity index (χ1) is 5.20. The topological polar surface area (TPSA) is 12.9 Å². The minimum absolute atomic E-state index is 0.575. The molecule has 0 aromatic carbocycles. The van der Waals surface area contributed by atoms with Gasteiger partial charge in [0, 0.05) is 22.8 Å². The van der Waals surface area contributed by atoms with E-state index in [4.69, 9.17) is 0 Å². The first-order valence-electron chi connectivity index (χ1n) is 3.72. The molecule has 0 saturated carbocycles. The van der Waals surface area contributed by atoms with E-state index >= 15 is 0 Å². The summed E-state index contributed by atoms with van der Waals surface area (Å²) in [7, 11) is 0. The van der Waals surface area contributed by atoms with E-state index in [1.807, 2.05) is 11.6 Å². The van der Waals surface area contributed by atoms with Gasteiger partial charge in [-0.15, -0.1) is 11.3 Å². The van der Waals surface area contributed by atoms with Gasteiger partial charge in [-0.1, -0.05) is 29.8 Å². The molecule has 1 nitrogen and oxygen atoms in total. The zero-order valence-electron chi connectivity index (χ0n) is 6.75. The monoisotopic (exact) mass is 233 g/mol. The molecule has 0 N–H and O–H groups in total. The average molecular weight is 234 g/mol. The predicted octanol–water partition coefficient (Wildman–Crippen LogP) is 3.11. The Hall–Kier alpha value is 0.110. The van der Waals surface area contributed by atoms with Crippen LogP contribution in [0, 0.1) is 5.92 Å². The molecule has 1 aromatic heterocycles. The number of hydrogen-bond acceptors (Lipinski definition) is 2. The summed E-state index contributed by atoms with van der Waals surface area (Å²) in [6, 6.07) is 0. The molecule has 1 aromatic rings. The molecule has 0 aliphatic carbocycles. The van der Waals surface area contributed by atoms with Gasteiger partial charge in [-0.25, -0.2) is 4.98 Å². The van der Waals surface area contributed by atoms with E-state index in [2.05, 4.69) is 34.8 Å². The zero-order chi connectivity index (χ0) is 8.27. The van der Waals surface area contributed by atoms with Gasteiger partial charge in [-0.05, 0) is 5.92 Å². The van der Waals surface area contributed by atoms with Crippen molar-refractivity contribution in [3.63, 3.8) is 0 Å². The molecule has 11 heavy (non-hydrogen) atoms. The third-order valence-electron chi connectivity index (χ3n) is 1.76. The highest BCUT2D eigenvalue weighted by molar-refractivity contribution is 9.09. The Labute approximate surface area is 80.0 Å². The lowest BCUT2D eigenvalue weighted by molar-refractivity contribution is 0.579. The molecule has 0 bridgehead atoms. The Balaban J connectivity index is 2.43. The van der Waals surface area contributed by atoms with Crippen molar-refractivity contribution in [2.45, 2.75) is 25.1 Å². The summed E-state index contributed by atoms with van der Waals surface area (Å²) in [6.45, 7) is 4.42. The van der Waals surface area contributed by atoms with Crippen molar-refractivity contribution < 1.29 is 0 Å². The summed E-state index contributed by atoms with van der Waals surface area (Å²) in [5, 5.41) is 3.27. The van der Waals surface area contributed by atoms with Crippen molar-refractivity contribution in [3.05, 3.63) is 16.6 Å². The maximum Gasteiger partial charge on any atom is 0.0927 e. The van der Waals surface area contributed by atoms with Gasteiger partial charge in [0.25, 0.3) is 0 Å². The second-order valence-electron chi connectivity index (χ2n) is 2.78. The molecule has 0 spiro atoms. The van der Waals surface area contributed by atoms with Crippen molar-refractivity contribution in [1.82, 2.24) is 4.98 Å². The summed E-state index contributed by atoms with van der Waals surface area (Å²) >= 11 is 5.30. The largest absolute Gasteiger partial charge is 0.250 e. The molecule has 1 heterocycles. The van der Waals surface area contributed by atoms with E-state index < -0.39 is 0 Å². The van der Waals surface area contributed by atoms with Gasteiger partial charge in [0.05, 0.1) is 5.01 Å². The van der Waals surface area contributed by atoms with Gasteiger partial charge in [0.1, 0.15) is 0 Å². The molecule has 0 saturated heterocycles. The number of halogens is 1. The number of nitrogens with zero attached hydrogens (tertiary/aromatic N) is 1. The Morgan fingerprint density at radius 3 is 2.82 bits per heavy atom. The zero-order valence-corrected chi connectivity index (χ0v) is 9.15. The molecular formula is C8H12BrNS. The van der Waals surface area contributed by atoms with E-state index in [0.717, 1.165) is 6.42 Å². The van der Waals surface area contributed by atoms with Crippen LogP contribution in [0.3, 0.4) is 0 Å². The third kappa shape index (κ3) is 2.91. The van der Waals surface area contributed by atoms with Gasteiger partial charge >= 0.3 is 0 Å². The molecule has 0 aliphatic heterocycles. The van der Waals surface area contributed by atoms with Crippen LogP contribution in [0.5, 0.6) is 0 Å². The Kier molecular flexibility index (Phi) is 3.52. The van der Waals surface area contributed by atoms with Crippen molar-refractivity contribution in [1.29, 1.82) is 0 Å². The summed E-state index contributed by atoms with van der Waals surface area (Å²) in [4.78, 5) is 4.81. The Bertz CT molecular complexity index is 196. The van der Waals surface area contributed by atoms with Crippen molar-refractivity contribution in [2.24, 2.45) is 5.92 Å². The van der Waals surface area contributed by atoms with Gasteiger partial charge in [0.15, 0.2) is 0 Å². The fourth-order valence-electron chi connectivity index (χ4n) is 0.792. The van der Waals surface area contributed by atoms with Crippen LogP contribution in [-0.4, -0.2) is 9.81 Å². The van der Waals surface area contributed by atoms with Gasteiger partial charge < -0.3 is 0 Å². The fraction of sp³-hybridized carbons (Fsp3) is 0.625. The third-order valence-corrected chi connectivity index (χ3v) is 3.47. The molecule has 0 radical (unpaired) electrons. The van der Waals surface area contributed by atoms with Crippen LogP contribution in [0.25, 0.3) is 0 Å². The van der Waals surface area contributed by atoms with E-state index in [0.29, 0.717) is 10.7 Å². The average Bonchev–Trinajstić information content (AvgIpc) is 2.39. The summed E-state index contributed by atoms with van der Waals surface area (Å²) in [5.74, 6) is 0.668. The molecule has 3 heteroatoms. The molecule has 1 rings (SSSR count). The van der Waals surface area contributed by atoms with Crippen molar-refractivity contribution in [2.75, 3.05) is 0 Å². The van der Waals surface area contributed by atoms with Gasteiger partial charge in [-0.3, -0.25) is 0 Å². The number of rotatable bonds is 3. The minimum atomic E-state index is 0.575. The quantitative estimate of drug-likeness (QED) is 0.732. The van der Waals surface area contributed by atoms with E-state index in [1.165, 1.54) is 5.01 Å². The normalized spacial score (nSPS) is 16.3. The van der Waals surface area contributed by atoms with Crippen LogP contribution in [-0.2, 0) is 6.42 Å². The maximum absolute atomic E-state index is 4.24. The highest BCUT2D eigenvalue weighted by Gasteiger charge is 2.10. The fourth-order valence-corrected chi connectivity index (χ4v) is 1.74. The molecule has 0 aliphatic rings. The highest BCUT2D eigenvalue weighted by atomic mass is 79.9. The van der Waals surface area contributed by atoms with Crippen molar-refractivity contribution >= 4 is 27.3 Å². The number of aromatic nitrogens is 1. The van der Waals surface area contributed by atoms with Gasteiger partial charge in [0.2, 0.25) is 0 Å². The summed E-state index contributed by atoms with van der Waals surface area (Å²) < 4.78 is 0. The van der Waals surface area contributed by atoms with E-state index in [9.17, 15) is 0 Å². The SMILES string of the molecule is CC(Br)C(C)Cc1nccs1. The number of thiazole rings is 1. The van der Waals surface area contributed by atoms with Crippen LogP contribution in [0.1, 0.15) is 18.9 Å². The van der Waals surface area contributed by atoms with Crippen LogP contribution < -0.4 is 0 Å². The lowest BCUT2D eigenvalue weighted by Gasteiger charge is -2.11. The smallest absolute Gasteiger partial charge is 0.0927 e. The lowest BCUT2D eigenvalue weighted by Crippen LogP contribution is -2.09. The van der Waals surface area contributed by atoms with Crippen molar-refractivity contribution in [3.8, 4) is 0 Å². The second kappa shape index (κ2) is 4.21. The van der Waals surface area contributed by atoms with Crippen LogP contribution >= 0.6 is 27.3 Å². The molecule has 0 fully saturated rings. The molecule has 0 amide bonds. The molecule has 2 unspecified atom stereocenters. The Morgan fingerprint density at radius 1 is 1.64 bits per heavy atom. The highest BCUT2D eigenvalue weighted by Crippen LogP contribution is 2.18. The van der Waals surface area contributed by atoms with Crippen LogP contribution in [0.4, 0.5) is 0 Å². The first kappa shape index (κ1) is 9.20. The van der Waals surface area contributed by atoms with E-state index in [1.54, 1.807) is 11.3 Å². The van der Waals surface area contributed by atoms with E-state index in [-0.39, 0.29) is 0 Å². The summed E-state index contributed by atoms with van der Waals surface area (Å²) in [5.41, 5.74) is 0. The standard InChI is InChI=1S/C8H12BrNS/c1-6(7(2)9)5-8-10-3-4-11-8/h3-4,6-7H,5H2,1-2H3. The van der Waals surface area contributed by atoms with Crippen LogP contribution in [0.2, 0.25) is 0 Å². The molecule has 2 atom stereocenters. The van der Waals surface area contributed by atoms with Gasteiger partial charge in [-0.2, -0.15) is 0 Å². The molecular weight excluding hydrogens is 222 g/mol. The number of hydrogen-bond donors (Lipinski definition) is 0. The maximum atomic E-state index is 4.24. The Morgan fingerprint density at radius 2 is 2.36 bits per heavy atom. The predicted molar refractivity (Wildman–Crippen MR) is 53.4 cm³/mol. The lowest BCUT2D eigenvalue weighted by atomic mass is 10.1. The minimum Gasteiger partial charge on any atom is -0.250 e.